The molecule has 0 aromatic carbocycles. The monoisotopic (exact) mass is 391 g/mol. The first kappa shape index (κ1) is 17.6. The first-order valence-electron chi connectivity index (χ1n) is 8.18. The summed E-state index contributed by atoms with van der Waals surface area (Å²) in [6.45, 7) is 4.83. The van der Waals surface area contributed by atoms with Gasteiger partial charge in [0.1, 0.15) is 5.03 Å². The van der Waals surface area contributed by atoms with Crippen molar-refractivity contribution in [1.29, 1.82) is 0 Å². The van der Waals surface area contributed by atoms with E-state index in [0.29, 0.717) is 34.2 Å². The summed E-state index contributed by atoms with van der Waals surface area (Å²) in [6.07, 6.45) is -1.19. The summed E-state index contributed by atoms with van der Waals surface area (Å²) in [6, 6.07) is 6.87. The Morgan fingerprint density at radius 2 is 1.96 bits per heavy atom. The summed E-state index contributed by atoms with van der Waals surface area (Å²) >= 11 is 1.23. The maximum atomic E-state index is 13.0. The van der Waals surface area contributed by atoms with E-state index in [2.05, 4.69) is 39.3 Å². The molecule has 0 atom stereocenters. The quantitative estimate of drug-likeness (QED) is 0.495. The standard InChI is InChI=1S/C16H15F2N7OS/c1-9(2)8-24-14(10-4-3-7-26-10)20-22-16(24)27-12-6-5-11-19-21-15(13(17)18)25(11)23-12/h3-7,9,13H,8H2,1-2H3. The van der Waals surface area contributed by atoms with Crippen molar-refractivity contribution in [3.63, 3.8) is 0 Å². The lowest BCUT2D eigenvalue weighted by molar-refractivity contribution is 0.137. The van der Waals surface area contributed by atoms with Crippen LogP contribution in [0, 0.1) is 5.92 Å². The van der Waals surface area contributed by atoms with Gasteiger partial charge in [-0.1, -0.05) is 13.8 Å². The third kappa shape index (κ3) is 3.42. The molecule has 0 radical (unpaired) electrons. The fourth-order valence-electron chi connectivity index (χ4n) is 2.55. The Morgan fingerprint density at radius 1 is 1.11 bits per heavy atom. The molecule has 11 heteroatoms. The van der Waals surface area contributed by atoms with E-state index in [1.54, 1.807) is 24.5 Å². The van der Waals surface area contributed by atoms with E-state index in [0.717, 1.165) is 4.52 Å². The Morgan fingerprint density at radius 3 is 2.67 bits per heavy atom. The molecule has 0 aliphatic carbocycles. The largest absolute Gasteiger partial charge is 0.461 e. The Labute approximate surface area is 156 Å². The Kier molecular flexibility index (Phi) is 4.60. The number of nitrogens with zero attached hydrogens (tertiary/aromatic N) is 7. The molecule has 4 rings (SSSR count). The molecule has 0 amide bonds. The van der Waals surface area contributed by atoms with Crippen molar-refractivity contribution in [3.8, 4) is 11.6 Å². The number of furan rings is 1. The van der Waals surface area contributed by atoms with Crippen LogP contribution in [-0.2, 0) is 6.54 Å². The van der Waals surface area contributed by atoms with Gasteiger partial charge in [0, 0.05) is 6.54 Å². The fourth-order valence-corrected chi connectivity index (χ4v) is 3.35. The van der Waals surface area contributed by atoms with Gasteiger partial charge in [-0.05, 0) is 41.9 Å². The summed E-state index contributed by atoms with van der Waals surface area (Å²) in [5.74, 6) is 1.06. The molecule has 0 saturated heterocycles. The number of alkyl halides is 2. The van der Waals surface area contributed by atoms with Crippen LogP contribution in [0.5, 0.6) is 0 Å². The molecule has 0 saturated carbocycles. The minimum Gasteiger partial charge on any atom is -0.461 e. The summed E-state index contributed by atoms with van der Waals surface area (Å²) in [4.78, 5) is 0. The van der Waals surface area contributed by atoms with Gasteiger partial charge in [-0.15, -0.1) is 20.4 Å². The normalized spacial score (nSPS) is 11.9. The van der Waals surface area contributed by atoms with Crippen molar-refractivity contribution in [2.24, 2.45) is 5.92 Å². The number of hydrogen-bond acceptors (Lipinski definition) is 7. The molecule has 0 unspecified atom stereocenters. The number of aromatic nitrogens is 7. The average Bonchev–Trinajstić information content (AvgIpc) is 3.34. The first-order chi connectivity index (χ1) is 13.0. The maximum absolute atomic E-state index is 13.0. The van der Waals surface area contributed by atoms with Crippen LogP contribution < -0.4 is 0 Å². The van der Waals surface area contributed by atoms with E-state index in [9.17, 15) is 8.78 Å². The summed E-state index contributed by atoms with van der Waals surface area (Å²) < 4.78 is 34.5. The van der Waals surface area contributed by atoms with Crippen molar-refractivity contribution in [3.05, 3.63) is 36.4 Å². The molecule has 0 spiro atoms. The molecule has 4 heterocycles. The molecular weight excluding hydrogens is 376 g/mol. The van der Waals surface area contributed by atoms with E-state index >= 15 is 0 Å². The minimum atomic E-state index is -2.76. The molecule has 0 fully saturated rings. The lowest BCUT2D eigenvalue weighted by Gasteiger charge is -2.11. The highest BCUT2D eigenvalue weighted by atomic mass is 32.2. The minimum absolute atomic E-state index is 0.259. The SMILES string of the molecule is CC(C)Cn1c(Sc2ccc3nnc(C(F)F)n3n2)nnc1-c1ccco1. The predicted molar refractivity (Wildman–Crippen MR) is 92.4 cm³/mol. The van der Waals surface area contributed by atoms with Crippen LogP contribution in [0.2, 0.25) is 0 Å². The van der Waals surface area contributed by atoms with E-state index in [1.807, 2.05) is 10.6 Å². The Balaban J connectivity index is 1.72. The molecule has 140 valence electrons. The number of rotatable bonds is 6. The zero-order valence-corrected chi connectivity index (χ0v) is 15.3. The topological polar surface area (TPSA) is 86.9 Å². The smallest absolute Gasteiger partial charge is 0.299 e. The molecule has 8 nitrogen and oxygen atoms in total. The van der Waals surface area contributed by atoms with Crippen LogP contribution in [-0.4, -0.2) is 34.6 Å². The van der Waals surface area contributed by atoms with Crippen LogP contribution >= 0.6 is 11.8 Å². The number of halogens is 2. The van der Waals surface area contributed by atoms with E-state index in [-0.39, 0.29) is 5.65 Å². The van der Waals surface area contributed by atoms with Gasteiger partial charge in [0.2, 0.25) is 5.82 Å². The van der Waals surface area contributed by atoms with Crippen molar-refractivity contribution in [1.82, 2.24) is 34.6 Å². The number of hydrogen-bond donors (Lipinski definition) is 0. The third-order valence-electron chi connectivity index (χ3n) is 3.66. The second kappa shape index (κ2) is 7.06. The second-order valence-corrected chi connectivity index (χ2v) is 7.18. The van der Waals surface area contributed by atoms with E-state index < -0.39 is 12.2 Å². The molecule has 0 aliphatic rings. The summed E-state index contributed by atoms with van der Waals surface area (Å²) in [7, 11) is 0. The molecule has 0 aliphatic heterocycles. The maximum Gasteiger partial charge on any atom is 0.299 e. The van der Waals surface area contributed by atoms with Gasteiger partial charge in [0.25, 0.3) is 6.43 Å². The van der Waals surface area contributed by atoms with E-state index in [1.165, 1.54) is 11.8 Å². The van der Waals surface area contributed by atoms with Crippen molar-refractivity contribution in [2.75, 3.05) is 0 Å². The van der Waals surface area contributed by atoms with Crippen molar-refractivity contribution < 1.29 is 13.2 Å². The fraction of sp³-hybridized carbons (Fsp3) is 0.312. The average molecular weight is 391 g/mol. The van der Waals surface area contributed by atoms with Gasteiger partial charge in [0.05, 0.1) is 6.26 Å². The van der Waals surface area contributed by atoms with Crippen molar-refractivity contribution in [2.45, 2.75) is 37.0 Å². The van der Waals surface area contributed by atoms with Gasteiger partial charge in [-0.2, -0.15) is 9.61 Å². The number of fused-ring (bicyclic) bond motifs is 1. The van der Waals surface area contributed by atoms with Crippen LogP contribution in [0.3, 0.4) is 0 Å². The molecule has 0 bridgehead atoms. The molecule has 0 N–H and O–H groups in total. The van der Waals surface area contributed by atoms with Crippen LogP contribution in [0.15, 0.2) is 45.1 Å². The lowest BCUT2D eigenvalue weighted by Crippen LogP contribution is -2.08. The molecule has 4 aromatic rings. The second-order valence-electron chi connectivity index (χ2n) is 6.19. The van der Waals surface area contributed by atoms with E-state index in [4.69, 9.17) is 4.42 Å². The Hall–Kier alpha value is -2.82. The highest BCUT2D eigenvalue weighted by Gasteiger charge is 2.20. The first-order valence-corrected chi connectivity index (χ1v) is 9.00. The molecular formula is C16H15F2N7OS. The predicted octanol–water partition coefficient (Wildman–Crippen LogP) is 3.72. The summed E-state index contributed by atoms with van der Waals surface area (Å²) in [5.41, 5.74) is 0.259. The van der Waals surface area contributed by atoms with Gasteiger partial charge < -0.3 is 4.42 Å². The zero-order chi connectivity index (χ0) is 19.0. The highest BCUT2D eigenvalue weighted by Crippen LogP contribution is 2.30. The summed E-state index contributed by atoms with van der Waals surface area (Å²) in [5, 5.41) is 20.9. The lowest BCUT2D eigenvalue weighted by atomic mass is 10.2. The van der Waals surface area contributed by atoms with Gasteiger partial charge in [-0.25, -0.2) is 8.78 Å². The van der Waals surface area contributed by atoms with Crippen LogP contribution in [0.1, 0.15) is 26.1 Å². The molecule has 27 heavy (non-hydrogen) atoms. The van der Waals surface area contributed by atoms with Gasteiger partial charge >= 0.3 is 0 Å². The van der Waals surface area contributed by atoms with Gasteiger partial charge in [-0.3, -0.25) is 4.57 Å². The van der Waals surface area contributed by atoms with Crippen molar-refractivity contribution >= 4 is 17.4 Å². The Bertz CT molecular complexity index is 1060. The zero-order valence-electron chi connectivity index (χ0n) is 14.5. The molecule has 4 aromatic heterocycles. The van der Waals surface area contributed by atoms with Crippen LogP contribution in [0.4, 0.5) is 8.78 Å². The van der Waals surface area contributed by atoms with Crippen LogP contribution in [0.25, 0.3) is 17.2 Å². The highest BCUT2D eigenvalue weighted by molar-refractivity contribution is 7.99. The third-order valence-corrected chi connectivity index (χ3v) is 4.57. The van der Waals surface area contributed by atoms with Gasteiger partial charge in [0.15, 0.2) is 22.4 Å².